The minimum atomic E-state index is -3.15. The molecule has 7 heteroatoms. The standard InChI is InChI=1S/C17H21O6P/c1-20-17-12-15(8-9-16(17)18)21-10-11-22-24(2,19)23-13-14-6-4-3-5-7-14/h3-9,12,18H,10-11,13H2,1-2H3. The summed E-state index contributed by atoms with van der Waals surface area (Å²) < 4.78 is 33.3. The SMILES string of the molecule is COc1cc(OCCOP(C)(=O)OCc2ccccc2)ccc1O. The van der Waals surface area contributed by atoms with Gasteiger partial charge in [0.1, 0.15) is 12.4 Å². The first-order valence-corrected chi connectivity index (χ1v) is 9.39. The second-order valence-electron chi connectivity index (χ2n) is 5.05. The highest BCUT2D eigenvalue weighted by molar-refractivity contribution is 7.52. The molecule has 2 aromatic rings. The molecule has 2 rings (SSSR count). The molecule has 0 aliphatic heterocycles. The van der Waals surface area contributed by atoms with Crippen LogP contribution in [0.15, 0.2) is 48.5 Å². The van der Waals surface area contributed by atoms with Crippen molar-refractivity contribution < 1.29 is 28.2 Å². The molecule has 0 aliphatic rings. The van der Waals surface area contributed by atoms with Gasteiger partial charge in [0, 0.05) is 12.7 Å². The lowest BCUT2D eigenvalue weighted by atomic mass is 10.2. The third-order valence-corrected chi connectivity index (χ3v) is 4.39. The van der Waals surface area contributed by atoms with Gasteiger partial charge in [0.25, 0.3) is 0 Å². The van der Waals surface area contributed by atoms with Gasteiger partial charge in [0.05, 0.1) is 20.3 Å². The molecule has 0 heterocycles. The largest absolute Gasteiger partial charge is 0.504 e. The van der Waals surface area contributed by atoms with Crippen LogP contribution in [-0.4, -0.2) is 32.1 Å². The van der Waals surface area contributed by atoms with Crippen molar-refractivity contribution in [3.05, 3.63) is 54.1 Å². The molecule has 0 bridgehead atoms. The average Bonchev–Trinajstić information content (AvgIpc) is 2.59. The number of hydrogen-bond acceptors (Lipinski definition) is 6. The number of aromatic hydroxyl groups is 1. The van der Waals surface area contributed by atoms with Crippen LogP contribution in [0, 0.1) is 0 Å². The maximum atomic E-state index is 12.2. The Morgan fingerprint density at radius 3 is 2.50 bits per heavy atom. The minimum absolute atomic E-state index is 0.0356. The highest BCUT2D eigenvalue weighted by Crippen LogP contribution is 2.44. The molecule has 1 atom stereocenters. The quantitative estimate of drug-likeness (QED) is 0.546. The summed E-state index contributed by atoms with van der Waals surface area (Å²) in [5.74, 6) is 0.874. The van der Waals surface area contributed by atoms with Gasteiger partial charge in [0.2, 0.25) is 0 Å². The summed E-state index contributed by atoms with van der Waals surface area (Å²) in [4.78, 5) is 0. The summed E-state index contributed by atoms with van der Waals surface area (Å²) in [5.41, 5.74) is 0.926. The van der Waals surface area contributed by atoms with E-state index in [1.165, 1.54) is 19.8 Å². The Kier molecular flexibility index (Phi) is 6.67. The smallest absolute Gasteiger partial charge is 0.328 e. The van der Waals surface area contributed by atoms with Crippen molar-refractivity contribution in [1.82, 2.24) is 0 Å². The van der Waals surface area contributed by atoms with E-state index >= 15 is 0 Å². The Labute approximate surface area is 141 Å². The van der Waals surface area contributed by atoms with Crippen molar-refractivity contribution >= 4 is 7.60 Å². The van der Waals surface area contributed by atoms with Gasteiger partial charge < -0.3 is 23.6 Å². The molecule has 0 saturated carbocycles. The molecule has 24 heavy (non-hydrogen) atoms. The van der Waals surface area contributed by atoms with Gasteiger partial charge in [-0.25, -0.2) is 0 Å². The van der Waals surface area contributed by atoms with E-state index in [0.29, 0.717) is 11.5 Å². The highest BCUT2D eigenvalue weighted by Gasteiger charge is 2.17. The number of methoxy groups -OCH3 is 1. The fraction of sp³-hybridized carbons (Fsp3) is 0.294. The molecule has 0 radical (unpaired) electrons. The van der Waals surface area contributed by atoms with Gasteiger partial charge in [-0.2, -0.15) is 0 Å². The van der Waals surface area contributed by atoms with Crippen LogP contribution >= 0.6 is 7.60 Å². The van der Waals surface area contributed by atoms with Crippen molar-refractivity contribution in [2.24, 2.45) is 0 Å². The predicted molar refractivity (Wildman–Crippen MR) is 90.9 cm³/mol. The lowest BCUT2D eigenvalue weighted by Crippen LogP contribution is -2.06. The molecule has 6 nitrogen and oxygen atoms in total. The average molecular weight is 352 g/mol. The summed E-state index contributed by atoms with van der Waals surface area (Å²) in [6, 6.07) is 14.1. The molecular formula is C17H21O6P. The van der Waals surface area contributed by atoms with Gasteiger partial charge >= 0.3 is 7.60 Å². The van der Waals surface area contributed by atoms with Crippen molar-refractivity contribution in [3.8, 4) is 17.2 Å². The molecule has 130 valence electrons. The van der Waals surface area contributed by atoms with Gasteiger partial charge in [0.15, 0.2) is 11.5 Å². The number of phenolic OH excluding ortho intramolecular Hbond substituents is 1. The zero-order valence-electron chi connectivity index (χ0n) is 13.7. The molecular weight excluding hydrogens is 331 g/mol. The van der Waals surface area contributed by atoms with Gasteiger partial charge in [-0.05, 0) is 17.7 Å². The number of benzene rings is 2. The third-order valence-electron chi connectivity index (χ3n) is 3.14. The summed E-state index contributed by atoms with van der Waals surface area (Å²) >= 11 is 0. The van der Waals surface area contributed by atoms with E-state index in [4.69, 9.17) is 18.5 Å². The topological polar surface area (TPSA) is 74.2 Å². The fourth-order valence-electron chi connectivity index (χ4n) is 1.91. The van der Waals surface area contributed by atoms with Crippen LogP contribution in [0.3, 0.4) is 0 Å². The van der Waals surface area contributed by atoms with Crippen molar-refractivity contribution in [3.63, 3.8) is 0 Å². The first-order valence-electron chi connectivity index (χ1n) is 7.40. The molecule has 0 amide bonds. The fourth-order valence-corrected chi connectivity index (χ4v) is 2.78. The Morgan fingerprint density at radius 1 is 1.04 bits per heavy atom. The predicted octanol–water partition coefficient (Wildman–Crippen LogP) is 3.84. The molecule has 0 fully saturated rings. The van der Waals surface area contributed by atoms with E-state index in [1.54, 1.807) is 12.1 Å². The van der Waals surface area contributed by atoms with Crippen LogP contribution in [0.4, 0.5) is 0 Å². The van der Waals surface area contributed by atoms with Gasteiger partial charge in [-0.3, -0.25) is 4.57 Å². The van der Waals surface area contributed by atoms with Crippen molar-refractivity contribution in [1.29, 1.82) is 0 Å². The Bertz CT molecular complexity index is 689. The highest BCUT2D eigenvalue weighted by atomic mass is 31.2. The lowest BCUT2D eigenvalue weighted by molar-refractivity contribution is 0.169. The second-order valence-corrected chi connectivity index (χ2v) is 7.10. The van der Waals surface area contributed by atoms with E-state index in [0.717, 1.165) is 5.56 Å². The van der Waals surface area contributed by atoms with Crippen LogP contribution in [0.25, 0.3) is 0 Å². The Balaban J connectivity index is 1.73. The van der Waals surface area contributed by atoms with Crippen molar-refractivity contribution in [2.75, 3.05) is 27.0 Å². The van der Waals surface area contributed by atoms with E-state index < -0.39 is 7.60 Å². The summed E-state index contributed by atoms with van der Waals surface area (Å²) in [6.45, 7) is 1.97. The summed E-state index contributed by atoms with van der Waals surface area (Å²) in [7, 11) is -1.69. The van der Waals surface area contributed by atoms with E-state index in [2.05, 4.69) is 0 Å². The summed E-state index contributed by atoms with van der Waals surface area (Å²) in [6.07, 6.45) is 0. The molecule has 0 aliphatic carbocycles. The van der Waals surface area contributed by atoms with E-state index in [9.17, 15) is 9.67 Å². The third kappa shape index (κ3) is 5.89. The maximum Gasteiger partial charge on any atom is 0.328 e. The Hall–Kier alpha value is -2.01. The second kappa shape index (κ2) is 8.73. The number of hydrogen-bond donors (Lipinski definition) is 1. The number of phenols is 1. The molecule has 1 N–H and O–H groups in total. The first-order chi connectivity index (χ1) is 11.5. The van der Waals surface area contributed by atoms with Gasteiger partial charge in [-0.15, -0.1) is 0 Å². The minimum Gasteiger partial charge on any atom is -0.504 e. The van der Waals surface area contributed by atoms with Crippen LogP contribution in [0.5, 0.6) is 17.2 Å². The molecule has 0 spiro atoms. The molecule has 0 aromatic heterocycles. The maximum absolute atomic E-state index is 12.2. The monoisotopic (exact) mass is 352 g/mol. The lowest BCUT2D eigenvalue weighted by Gasteiger charge is -2.15. The van der Waals surface area contributed by atoms with Crippen LogP contribution in [0.2, 0.25) is 0 Å². The van der Waals surface area contributed by atoms with Crippen LogP contribution < -0.4 is 9.47 Å². The molecule has 0 saturated heterocycles. The van der Waals surface area contributed by atoms with Crippen LogP contribution in [0.1, 0.15) is 5.56 Å². The normalized spacial score (nSPS) is 13.2. The van der Waals surface area contributed by atoms with Gasteiger partial charge in [-0.1, -0.05) is 30.3 Å². The van der Waals surface area contributed by atoms with Crippen LogP contribution in [-0.2, 0) is 20.2 Å². The van der Waals surface area contributed by atoms with Crippen molar-refractivity contribution in [2.45, 2.75) is 6.61 Å². The zero-order valence-corrected chi connectivity index (χ0v) is 14.6. The molecule has 1 unspecified atom stereocenters. The zero-order chi connectivity index (χ0) is 17.4. The first kappa shape index (κ1) is 18.3. The number of rotatable bonds is 9. The molecule has 2 aromatic carbocycles. The number of ether oxygens (including phenoxy) is 2. The van der Waals surface area contributed by atoms with E-state index in [-0.39, 0.29) is 25.6 Å². The summed E-state index contributed by atoms with van der Waals surface area (Å²) in [5, 5.41) is 9.51. The van der Waals surface area contributed by atoms with E-state index in [1.807, 2.05) is 30.3 Å². The Morgan fingerprint density at radius 2 is 1.79 bits per heavy atom.